The molecule has 15 heteroatoms. The van der Waals surface area contributed by atoms with Gasteiger partial charge in [0.05, 0.1) is 12.4 Å². The molecule has 2 aromatic rings. The van der Waals surface area contributed by atoms with Crippen LogP contribution in [0.4, 0.5) is 10.6 Å². The number of aromatic nitrogens is 2. The van der Waals surface area contributed by atoms with Crippen molar-refractivity contribution in [3.63, 3.8) is 0 Å². The molecule has 1 aliphatic rings. The zero-order valence-electron chi connectivity index (χ0n) is 22.2. The van der Waals surface area contributed by atoms with E-state index in [4.69, 9.17) is 4.74 Å². The average Bonchev–Trinajstić information content (AvgIpc) is 2.95. The molecule has 0 spiro atoms. The third-order valence-electron chi connectivity index (χ3n) is 6.00. The third kappa shape index (κ3) is 8.36. The number of anilines is 1. The van der Waals surface area contributed by atoms with Crippen LogP contribution in [0.2, 0.25) is 0 Å². The van der Waals surface area contributed by atoms with Crippen molar-refractivity contribution in [3.05, 3.63) is 42.1 Å². The second kappa shape index (κ2) is 13.7. The van der Waals surface area contributed by atoms with Crippen LogP contribution in [0.5, 0.6) is 0 Å². The summed E-state index contributed by atoms with van der Waals surface area (Å²) in [5.74, 6) is -2.76. The number of ether oxygens (including phenoxy) is 1. The minimum Gasteiger partial charge on any atom is -0.481 e. The quantitative estimate of drug-likeness (QED) is 0.350. The Bertz CT molecular complexity index is 1330. The molecule has 0 saturated carbocycles. The summed E-state index contributed by atoms with van der Waals surface area (Å²) in [6.45, 7) is 4.14. The number of aliphatic carboxylic acids is 1. The maximum atomic E-state index is 13.3. The summed E-state index contributed by atoms with van der Waals surface area (Å²) >= 11 is 0. The lowest BCUT2D eigenvalue weighted by molar-refractivity contribution is -0.138. The average molecular weight is 577 g/mol. The van der Waals surface area contributed by atoms with Crippen molar-refractivity contribution < 1.29 is 37.4 Å². The fraction of sp³-hybridized carbons (Fsp3) is 0.440. The maximum absolute atomic E-state index is 13.3. The van der Waals surface area contributed by atoms with Crippen molar-refractivity contribution in [1.82, 2.24) is 25.1 Å². The Balaban J connectivity index is 1.84. The van der Waals surface area contributed by atoms with E-state index in [0.29, 0.717) is 5.56 Å². The summed E-state index contributed by atoms with van der Waals surface area (Å²) in [5.41, 5.74) is 0.301. The van der Waals surface area contributed by atoms with Gasteiger partial charge in [-0.2, -0.15) is 0 Å². The predicted molar refractivity (Wildman–Crippen MR) is 144 cm³/mol. The SMILES string of the molecule is CCOC(=O)N1CCN(C(=O)[C@H](CCC(=O)O)NC(=O)c2cc(NS(=O)(=O)CC)nc(-c3ccccc3)n2)CC1. The van der Waals surface area contributed by atoms with Gasteiger partial charge < -0.3 is 25.0 Å². The van der Waals surface area contributed by atoms with E-state index < -0.39 is 39.9 Å². The number of carboxylic acids is 1. The zero-order chi connectivity index (χ0) is 29.3. The maximum Gasteiger partial charge on any atom is 0.409 e. The fourth-order valence-electron chi connectivity index (χ4n) is 3.87. The second-order valence-corrected chi connectivity index (χ2v) is 10.8. The molecular formula is C25H32N6O8S. The van der Waals surface area contributed by atoms with Gasteiger partial charge in [-0.25, -0.2) is 23.2 Å². The zero-order valence-corrected chi connectivity index (χ0v) is 23.0. The van der Waals surface area contributed by atoms with Crippen LogP contribution in [0, 0.1) is 0 Å². The second-order valence-electron chi connectivity index (χ2n) is 8.80. The molecule has 40 heavy (non-hydrogen) atoms. The van der Waals surface area contributed by atoms with Crippen molar-refractivity contribution in [2.45, 2.75) is 32.7 Å². The van der Waals surface area contributed by atoms with Crippen molar-refractivity contribution in [1.29, 1.82) is 0 Å². The van der Waals surface area contributed by atoms with Crippen LogP contribution in [-0.4, -0.2) is 102 Å². The number of benzene rings is 1. The predicted octanol–water partition coefficient (Wildman–Crippen LogP) is 1.17. The lowest BCUT2D eigenvalue weighted by atomic mass is 10.1. The van der Waals surface area contributed by atoms with Crippen LogP contribution in [0.1, 0.15) is 37.2 Å². The molecule has 1 atom stereocenters. The van der Waals surface area contributed by atoms with Crippen molar-refractivity contribution in [2.24, 2.45) is 0 Å². The van der Waals surface area contributed by atoms with Crippen LogP contribution >= 0.6 is 0 Å². The van der Waals surface area contributed by atoms with E-state index >= 15 is 0 Å². The normalized spacial score (nSPS) is 14.2. The van der Waals surface area contributed by atoms with Crippen molar-refractivity contribution in [3.8, 4) is 11.4 Å². The number of carbonyl (C=O) groups is 4. The molecule has 216 valence electrons. The molecule has 1 aromatic carbocycles. The number of sulfonamides is 1. The van der Waals surface area contributed by atoms with Crippen molar-refractivity contribution >= 4 is 39.7 Å². The third-order valence-corrected chi connectivity index (χ3v) is 7.28. The molecule has 3 N–H and O–H groups in total. The van der Waals surface area contributed by atoms with Crippen LogP contribution in [0.3, 0.4) is 0 Å². The number of carboxylic acid groups (broad SMARTS) is 1. The number of carbonyl (C=O) groups excluding carboxylic acids is 3. The summed E-state index contributed by atoms with van der Waals surface area (Å²) in [7, 11) is -3.73. The molecule has 1 aliphatic heterocycles. The first-order valence-electron chi connectivity index (χ1n) is 12.7. The Kier molecular flexibility index (Phi) is 10.4. The highest BCUT2D eigenvalue weighted by molar-refractivity contribution is 7.92. The van der Waals surface area contributed by atoms with E-state index in [0.717, 1.165) is 6.07 Å². The molecular weight excluding hydrogens is 544 g/mol. The van der Waals surface area contributed by atoms with Gasteiger partial charge in [0.25, 0.3) is 5.91 Å². The first-order valence-corrected chi connectivity index (χ1v) is 14.4. The van der Waals surface area contributed by atoms with Crippen LogP contribution in [0.15, 0.2) is 36.4 Å². The Morgan fingerprint density at radius 2 is 1.68 bits per heavy atom. The number of hydrogen-bond donors (Lipinski definition) is 3. The van der Waals surface area contributed by atoms with Gasteiger partial charge in [-0.15, -0.1) is 0 Å². The molecule has 0 aliphatic carbocycles. The van der Waals surface area contributed by atoms with Gasteiger partial charge in [-0.05, 0) is 20.3 Å². The van der Waals surface area contributed by atoms with E-state index in [1.165, 1.54) is 16.7 Å². The Hall–Kier alpha value is -4.27. The van der Waals surface area contributed by atoms with Crippen LogP contribution < -0.4 is 10.0 Å². The van der Waals surface area contributed by atoms with Crippen molar-refractivity contribution in [2.75, 3.05) is 43.3 Å². The van der Waals surface area contributed by atoms with Gasteiger partial charge in [-0.1, -0.05) is 30.3 Å². The summed E-state index contributed by atoms with van der Waals surface area (Å²) in [6.07, 6.45) is -1.07. The fourth-order valence-corrected chi connectivity index (χ4v) is 4.43. The number of nitrogens with zero attached hydrogens (tertiary/aromatic N) is 4. The topological polar surface area (TPSA) is 188 Å². The molecule has 14 nitrogen and oxygen atoms in total. The Labute approximate surface area is 231 Å². The highest BCUT2D eigenvalue weighted by atomic mass is 32.2. The Morgan fingerprint density at radius 1 is 1.02 bits per heavy atom. The summed E-state index contributed by atoms with van der Waals surface area (Å²) in [4.78, 5) is 61.3. The van der Waals surface area contributed by atoms with Gasteiger partial charge in [0.15, 0.2) is 5.82 Å². The lowest BCUT2D eigenvalue weighted by Gasteiger charge is -2.35. The van der Waals surface area contributed by atoms with E-state index in [-0.39, 0.29) is 68.7 Å². The molecule has 2 heterocycles. The van der Waals surface area contributed by atoms with E-state index in [1.54, 1.807) is 37.3 Å². The first kappa shape index (κ1) is 30.3. The standard InChI is InChI=1S/C25H32N6O8S/c1-3-39-25(36)31-14-12-30(13-15-31)24(35)18(10-11-21(32)33)27-23(34)19-16-20(29-40(37,38)4-2)28-22(26-19)17-8-6-5-7-9-17/h5-9,16,18H,3-4,10-15H2,1-2H3,(H,27,34)(H,32,33)(H,26,28,29)/t18-/m0/s1. The van der Waals surface area contributed by atoms with E-state index in [9.17, 15) is 32.7 Å². The van der Waals surface area contributed by atoms with E-state index in [2.05, 4.69) is 20.0 Å². The molecule has 1 saturated heterocycles. The highest BCUT2D eigenvalue weighted by Crippen LogP contribution is 2.19. The number of hydrogen-bond acceptors (Lipinski definition) is 9. The minimum absolute atomic E-state index is 0.0746. The molecule has 0 bridgehead atoms. The molecule has 0 unspecified atom stereocenters. The minimum atomic E-state index is -3.73. The monoisotopic (exact) mass is 576 g/mol. The van der Waals surface area contributed by atoms with Gasteiger partial charge in [0.2, 0.25) is 15.9 Å². The van der Waals surface area contributed by atoms with Gasteiger partial charge in [-0.3, -0.25) is 19.1 Å². The van der Waals surface area contributed by atoms with E-state index in [1.807, 2.05) is 0 Å². The number of rotatable bonds is 11. The largest absolute Gasteiger partial charge is 0.481 e. The van der Waals surface area contributed by atoms with Crippen LogP contribution in [-0.2, 0) is 24.3 Å². The van der Waals surface area contributed by atoms with Gasteiger partial charge in [0, 0.05) is 44.2 Å². The number of nitrogens with one attached hydrogen (secondary N) is 2. The summed E-state index contributed by atoms with van der Waals surface area (Å²) in [5, 5.41) is 11.8. The highest BCUT2D eigenvalue weighted by Gasteiger charge is 2.31. The smallest absolute Gasteiger partial charge is 0.409 e. The Morgan fingerprint density at radius 3 is 2.27 bits per heavy atom. The van der Waals surface area contributed by atoms with Crippen LogP contribution in [0.25, 0.3) is 11.4 Å². The molecule has 1 fully saturated rings. The number of amides is 3. The summed E-state index contributed by atoms with van der Waals surface area (Å²) in [6, 6.07) is 8.53. The summed E-state index contributed by atoms with van der Waals surface area (Å²) < 4.78 is 31.7. The molecule has 3 rings (SSSR count). The molecule has 0 radical (unpaired) electrons. The van der Waals surface area contributed by atoms with Gasteiger partial charge >= 0.3 is 12.1 Å². The lowest BCUT2D eigenvalue weighted by Crippen LogP contribution is -2.56. The number of piperazine rings is 1. The molecule has 1 aromatic heterocycles. The first-order chi connectivity index (χ1) is 19.0. The van der Waals surface area contributed by atoms with Gasteiger partial charge in [0.1, 0.15) is 17.6 Å². The molecule has 3 amide bonds.